The molecule has 0 aliphatic carbocycles. The summed E-state index contributed by atoms with van der Waals surface area (Å²) in [6.45, 7) is 8.73. The molecule has 0 spiro atoms. The number of azide groups is 1. The van der Waals surface area contributed by atoms with E-state index >= 15 is 0 Å². The Labute approximate surface area is 125 Å². The highest BCUT2D eigenvalue weighted by Gasteiger charge is 2.55. The molecule has 1 saturated heterocycles. The Morgan fingerprint density at radius 2 is 2.19 bits per heavy atom. The second-order valence-electron chi connectivity index (χ2n) is 6.02. The Morgan fingerprint density at radius 1 is 1.52 bits per heavy atom. The highest BCUT2D eigenvalue weighted by atomic mass is 16.6. The number of aliphatic hydroxyl groups excluding tert-OH is 1. The van der Waals surface area contributed by atoms with E-state index in [1.54, 1.807) is 4.90 Å². The van der Waals surface area contributed by atoms with E-state index in [9.17, 15) is 9.90 Å². The standard InChI is InChI=1S/C14H26N4O3/c1-5-11(19)14(4)12(10(2)3)18(13(20)21-14)9-7-6-8-16-17-15/h10-12,19H,5-9H2,1-4H3/t11-,12-,14-/m1/s1. The highest BCUT2D eigenvalue weighted by Crippen LogP contribution is 2.38. The van der Waals surface area contributed by atoms with Crippen molar-refractivity contribution >= 4 is 6.09 Å². The molecule has 0 aromatic carbocycles. The minimum absolute atomic E-state index is 0.153. The van der Waals surface area contributed by atoms with Crippen LogP contribution < -0.4 is 0 Å². The van der Waals surface area contributed by atoms with Crippen LogP contribution in [0.15, 0.2) is 5.11 Å². The molecule has 0 radical (unpaired) electrons. The molecule has 0 aromatic heterocycles. The third-order valence-corrected chi connectivity index (χ3v) is 4.11. The first-order valence-corrected chi connectivity index (χ1v) is 7.57. The summed E-state index contributed by atoms with van der Waals surface area (Å²) in [4.78, 5) is 16.6. The van der Waals surface area contributed by atoms with Crippen LogP contribution in [0.25, 0.3) is 10.4 Å². The Morgan fingerprint density at radius 3 is 2.71 bits per heavy atom. The molecule has 21 heavy (non-hydrogen) atoms. The van der Waals surface area contributed by atoms with Crippen molar-refractivity contribution in [1.82, 2.24) is 4.90 Å². The zero-order valence-electron chi connectivity index (χ0n) is 13.3. The van der Waals surface area contributed by atoms with Gasteiger partial charge in [0.05, 0.1) is 12.1 Å². The van der Waals surface area contributed by atoms with Gasteiger partial charge in [-0.05, 0) is 37.6 Å². The molecular formula is C14H26N4O3. The molecular weight excluding hydrogens is 272 g/mol. The summed E-state index contributed by atoms with van der Waals surface area (Å²) >= 11 is 0. The van der Waals surface area contributed by atoms with Gasteiger partial charge in [-0.25, -0.2) is 4.79 Å². The summed E-state index contributed by atoms with van der Waals surface area (Å²) in [7, 11) is 0. The summed E-state index contributed by atoms with van der Waals surface area (Å²) < 4.78 is 5.52. The molecule has 1 aliphatic heterocycles. The van der Waals surface area contributed by atoms with Crippen LogP contribution in [0, 0.1) is 5.92 Å². The van der Waals surface area contributed by atoms with Crippen molar-refractivity contribution < 1.29 is 14.6 Å². The first kappa shape index (κ1) is 17.6. The third-order valence-electron chi connectivity index (χ3n) is 4.11. The van der Waals surface area contributed by atoms with Crippen LogP contribution in [0.2, 0.25) is 0 Å². The van der Waals surface area contributed by atoms with E-state index in [1.165, 1.54) is 0 Å². The van der Waals surface area contributed by atoms with Crippen molar-refractivity contribution in [2.75, 3.05) is 13.1 Å². The van der Waals surface area contributed by atoms with Gasteiger partial charge < -0.3 is 14.7 Å². The number of hydrogen-bond acceptors (Lipinski definition) is 4. The Hall–Kier alpha value is -1.46. The lowest BCUT2D eigenvalue weighted by molar-refractivity contribution is -0.0695. The quantitative estimate of drug-likeness (QED) is 0.322. The predicted octanol–water partition coefficient (Wildman–Crippen LogP) is 3.08. The second-order valence-corrected chi connectivity index (χ2v) is 6.02. The van der Waals surface area contributed by atoms with E-state index in [2.05, 4.69) is 10.0 Å². The minimum atomic E-state index is -0.870. The van der Waals surface area contributed by atoms with Gasteiger partial charge in [-0.1, -0.05) is 25.9 Å². The second kappa shape index (κ2) is 7.52. The van der Waals surface area contributed by atoms with Crippen molar-refractivity contribution in [3.8, 4) is 0 Å². The predicted molar refractivity (Wildman–Crippen MR) is 79.8 cm³/mol. The van der Waals surface area contributed by atoms with Gasteiger partial charge in [-0.2, -0.15) is 0 Å². The number of nitrogens with zero attached hydrogens (tertiary/aromatic N) is 4. The van der Waals surface area contributed by atoms with Crippen molar-refractivity contribution in [3.63, 3.8) is 0 Å². The fraction of sp³-hybridized carbons (Fsp3) is 0.929. The van der Waals surface area contributed by atoms with Crippen LogP contribution in [0.4, 0.5) is 4.79 Å². The van der Waals surface area contributed by atoms with E-state index < -0.39 is 11.7 Å². The maximum atomic E-state index is 12.2. The molecule has 1 amide bonds. The summed E-state index contributed by atoms with van der Waals surface area (Å²) in [5, 5.41) is 13.7. The van der Waals surface area contributed by atoms with E-state index in [0.717, 1.165) is 12.8 Å². The Kier molecular flexibility index (Phi) is 6.30. The van der Waals surface area contributed by atoms with E-state index in [-0.39, 0.29) is 18.1 Å². The minimum Gasteiger partial charge on any atom is -0.438 e. The number of amides is 1. The topological polar surface area (TPSA) is 98.5 Å². The molecule has 3 atom stereocenters. The van der Waals surface area contributed by atoms with Gasteiger partial charge in [0.25, 0.3) is 0 Å². The maximum absolute atomic E-state index is 12.2. The van der Waals surface area contributed by atoms with Crippen LogP contribution in [0.5, 0.6) is 0 Å². The molecule has 1 N–H and O–H groups in total. The summed E-state index contributed by atoms with van der Waals surface area (Å²) in [5.74, 6) is 0.180. The number of carbonyl (C=O) groups excluding carboxylic acids is 1. The fourth-order valence-electron chi connectivity index (χ4n) is 3.16. The smallest absolute Gasteiger partial charge is 0.410 e. The van der Waals surface area contributed by atoms with Crippen molar-refractivity contribution in [1.29, 1.82) is 0 Å². The van der Waals surface area contributed by atoms with Gasteiger partial charge in [0.15, 0.2) is 5.60 Å². The van der Waals surface area contributed by atoms with Gasteiger partial charge >= 0.3 is 6.09 Å². The zero-order chi connectivity index (χ0) is 16.0. The number of cyclic esters (lactones) is 1. The van der Waals surface area contributed by atoms with Crippen molar-refractivity contribution in [2.45, 2.75) is 64.7 Å². The van der Waals surface area contributed by atoms with E-state index in [4.69, 9.17) is 10.3 Å². The van der Waals surface area contributed by atoms with Crippen LogP contribution >= 0.6 is 0 Å². The van der Waals surface area contributed by atoms with E-state index in [0.29, 0.717) is 19.5 Å². The summed E-state index contributed by atoms with van der Waals surface area (Å²) in [6.07, 6.45) is 0.966. The maximum Gasteiger partial charge on any atom is 0.410 e. The molecule has 0 bridgehead atoms. The van der Waals surface area contributed by atoms with E-state index in [1.807, 2.05) is 27.7 Å². The van der Waals surface area contributed by atoms with Crippen LogP contribution in [0.3, 0.4) is 0 Å². The molecule has 7 heteroatoms. The number of rotatable bonds is 8. The molecule has 0 aromatic rings. The number of aliphatic hydroxyl groups is 1. The molecule has 0 unspecified atom stereocenters. The first-order valence-electron chi connectivity index (χ1n) is 7.57. The van der Waals surface area contributed by atoms with Gasteiger partial charge in [-0.15, -0.1) is 0 Å². The fourth-order valence-corrected chi connectivity index (χ4v) is 3.16. The van der Waals surface area contributed by atoms with Crippen LogP contribution in [-0.2, 0) is 4.74 Å². The lowest BCUT2D eigenvalue weighted by atomic mass is 9.82. The summed E-state index contributed by atoms with van der Waals surface area (Å²) in [5.41, 5.74) is 7.37. The molecule has 1 rings (SSSR count). The molecule has 1 fully saturated rings. The average Bonchev–Trinajstić information content (AvgIpc) is 2.69. The number of ether oxygens (including phenoxy) is 1. The lowest BCUT2D eigenvalue weighted by Crippen LogP contribution is -2.53. The normalized spacial score (nSPS) is 26.7. The van der Waals surface area contributed by atoms with Crippen LogP contribution in [0.1, 0.15) is 47.0 Å². The van der Waals surface area contributed by atoms with Gasteiger partial charge in [0.1, 0.15) is 0 Å². The molecule has 120 valence electrons. The molecule has 1 heterocycles. The van der Waals surface area contributed by atoms with Crippen molar-refractivity contribution in [3.05, 3.63) is 10.4 Å². The molecule has 7 nitrogen and oxygen atoms in total. The Bertz CT molecular complexity index is 409. The molecule has 1 aliphatic rings. The number of unbranched alkanes of at least 4 members (excludes halogenated alkanes) is 1. The largest absolute Gasteiger partial charge is 0.438 e. The summed E-state index contributed by atoms with van der Waals surface area (Å²) in [6, 6.07) is -0.153. The highest BCUT2D eigenvalue weighted by molar-refractivity contribution is 5.71. The SMILES string of the molecule is CC[C@@H](O)[C@@]1(C)OC(=O)N(CCCCN=[N+]=[N-])[C@@H]1C(C)C. The number of hydrogen-bond donors (Lipinski definition) is 1. The lowest BCUT2D eigenvalue weighted by Gasteiger charge is -2.37. The average molecular weight is 298 g/mol. The first-order chi connectivity index (χ1) is 9.88. The molecule has 0 saturated carbocycles. The van der Waals surface area contributed by atoms with Crippen molar-refractivity contribution in [2.24, 2.45) is 11.0 Å². The Balaban J connectivity index is 2.78. The van der Waals surface area contributed by atoms with Gasteiger partial charge in [0.2, 0.25) is 0 Å². The van der Waals surface area contributed by atoms with Crippen LogP contribution in [-0.4, -0.2) is 46.9 Å². The van der Waals surface area contributed by atoms with Gasteiger partial charge in [0, 0.05) is 18.0 Å². The number of carbonyl (C=O) groups is 1. The third kappa shape index (κ3) is 3.80. The zero-order valence-corrected chi connectivity index (χ0v) is 13.3. The van der Waals surface area contributed by atoms with Gasteiger partial charge in [-0.3, -0.25) is 0 Å². The monoisotopic (exact) mass is 298 g/mol.